The van der Waals surface area contributed by atoms with Crippen LogP contribution in [-0.2, 0) is 11.3 Å². The van der Waals surface area contributed by atoms with Crippen molar-refractivity contribution in [3.8, 4) is 0 Å². The van der Waals surface area contributed by atoms with Crippen LogP contribution < -0.4 is 10.6 Å². The van der Waals surface area contributed by atoms with E-state index < -0.39 is 0 Å². The van der Waals surface area contributed by atoms with Crippen LogP contribution in [0.1, 0.15) is 18.4 Å². The number of nitrogens with one attached hydrogen (secondary N) is 2. The molecule has 0 bridgehead atoms. The molecule has 1 heterocycles. The minimum absolute atomic E-state index is 0.0867. The molecule has 0 aromatic heterocycles. The van der Waals surface area contributed by atoms with Crippen molar-refractivity contribution in [2.45, 2.75) is 19.4 Å². The van der Waals surface area contributed by atoms with E-state index in [9.17, 15) is 14.0 Å². The lowest BCUT2D eigenvalue weighted by molar-refractivity contribution is -0.126. The Kier molecular flexibility index (Phi) is 5.84. The van der Waals surface area contributed by atoms with Gasteiger partial charge in [0, 0.05) is 36.8 Å². The van der Waals surface area contributed by atoms with E-state index in [-0.39, 0.29) is 30.2 Å². The number of urea groups is 1. The van der Waals surface area contributed by atoms with E-state index in [1.807, 2.05) is 30.3 Å². The van der Waals surface area contributed by atoms with Crippen molar-refractivity contribution in [3.05, 3.63) is 66.0 Å². The van der Waals surface area contributed by atoms with Gasteiger partial charge < -0.3 is 15.5 Å². The zero-order valence-corrected chi connectivity index (χ0v) is 14.5. The number of rotatable bonds is 4. The number of piperidine rings is 1. The Morgan fingerprint density at radius 2 is 1.65 bits per heavy atom. The van der Waals surface area contributed by atoms with E-state index >= 15 is 0 Å². The van der Waals surface area contributed by atoms with Gasteiger partial charge in [0.05, 0.1) is 0 Å². The number of carbonyl (C=O) groups excluding carboxylic acids is 2. The van der Waals surface area contributed by atoms with Crippen molar-refractivity contribution in [2.24, 2.45) is 5.92 Å². The molecule has 2 aromatic carbocycles. The van der Waals surface area contributed by atoms with E-state index in [2.05, 4.69) is 10.6 Å². The van der Waals surface area contributed by atoms with Gasteiger partial charge in [0.1, 0.15) is 5.82 Å². The van der Waals surface area contributed by atoms with Gasteiger partial charge in [-0.1, -0.05) is 36.4 Å². The molecule has 1 saturated heterocycles. The van der Waals surface area contributed by atoms with E-state index in [0.717, 1.165) is 5.69 Å². The third kappa shape index (κ3) is 4.59. The van der Waals surface area contributed by atoms with Crippen LogP contribution in [0.25, 0.3) is 0 Å². The van der Waals surface area contributed by atoms with Crippen molar-refractivity contribution >= 4 is 17.6 Å². The van der Waals surface area contributed by atoms with Gasteiger partial charge in [0.2, 0.25) is 5.91 Å². The highest BCUT2D eigenvalue weighted by molar-refractivity contribution is 5.89. The summed E-state index contributed by atoms with van der Waals surface area (Å²) >= 11 is 0. The second-order valence-electron chi connectivity index (χ2n) is 6.37. The van der Waals surface area contributed by atoms with E-state index in [0.29, 0.717) is 31.5 Å². The van der Waals surface area contributed by atoms with Crippen LogP contribution in [-0.4, -0.2) is 29.9 Å². The molecule has 6 heteroatoms. The van der Waals surface area contributed by atoms with Crippen LogP contribution in [0.4, 0.5) is 14.9 Å². The summed E-state index contributed by atoms with van der Waals surface area (Å²) in [6.07, 6.45) is 1.20. The maximum Gasteiger partial charge on any atom is 0.321 e. The molecule has 0 saturated carbocycles. The van der Waals surface area contributed by atoms with Crippen LogP contribution in [0.3, 0.4) is 0 Å². The van der Waals surface area contributed by atoms with Gasteiger partial charge in [-0.25, -0.2) is 9.18 Å². The third-order valence-electron chi connectivity index (χ3n) is 4.59. The zero-order valence-electron chi connectivity index (χ0n) is 14.5. The number of para-hydroxylation sites is 1. The Morgan fingerprint density at radius 3 is 2.35 bits per heavy atom. The lowest BCUT2D eigenvalue weighted by atomic mass is 9.96. The molecule has 0 atom stereocenters. The smallest absolute Gasteiger partial charge is 0.321 e. The molecule has 0 aliphatic carbocycles. The summed E-state index contributed by atoms with van der Waals surface area (Å²) in [6.45, 7) is 1.23. The monoisotopic (exact) mass is 355 g/mol. The molecule has 5 nitrogen and oxygen atoms in total. The molecular formula is C20H22FN3O2. The first-order chi connectivity index (χ1) is 12.6. The van der Waals surface area contributed by atoms with Gasteiger partial charge in [0.25, 0.3) is 0 Å². The molecule has 3 rings (SSSR count). The summed E-state index contributed by atoms with van der Waals surface area (Å²) in [5, 5.41) is 5.65. The Hall–Kier alpha value is -2.89. The molecule has 0 radical (unpaired) electrons. The Labute approximate surface area is 152 Å². The molecule has 1 aliphatic heterocycles. The first-order valence-corrected chi connectivity index (χ1v) is 8.75. The van der Waals surface area contributed by atoms with Crippen LogP contribution in [0, 0.1) is 11.7 Å². The normalized spacial score (nSPS) is 14.7. The van der Waals surface area contributed by atoms with Crippen molar-refractivity contribution < 1.29 is 14.0 Å². The number of anilines is 1. The predicted octanol–water partition coefficient (Wildman–Crippen LogP) is 3.39. The number of hydrogen-bond acceptors (Lipinski definition) is 2. The molecule has 136 valence electrons. The van der Waals surface area contributed by atoms with Gasteiger partial charge in [0.15, 0.2) is 0 Å². The van der Waals surface area contributed by atoms with Crippen LogP contribution in [0.5, 0.6) is 0 Å². The molecule has 26 heavy (non-hydrogen) atoms. The predicted molar refractivity (Wildman–Crippen MR) is 98.0 cm³/mol. The molecule has 1 fully saturated rings. The van der Waals surface area contributed by atoms with Gasteiger partial charge in [-0.2, -0.15) is 0 Å². The van der Waals surface area contributed by atoms with Crippen LogP contribution >= 0.6 is 0 Å². The first kappa shape index (κ1) is 17.9. The summed E-state index contributed by atoms with van der Waals surface area (Å²) in [5.74, 6) is -0.556. The summed E-state index contributed by atoms with van der Waals surface area (Å²) < 4.78 is 13.6. The average molecular weight is 355 g/mol. The summed E-state index contributed by atoms with van der Waals surface area (Å²) in [4.78, 5) is 26.3. The minimum Gasteiger partial charge on any atom is -0.352 e. The number of hydrogen-bond donors (Lipinski definition) is 2. The zero-order chi connectivity index (χ0) is 18.4. The van der Waals surface area contributed by atoms with Crippen LogP contribution in [0.15, 0.2) is 54.6 Å². The fourth-order valence-corrected chi connectivity index (χ4v) is 3.04. The Balaban J connectivity index is 1.45. The van der Waals surface area contributed by atoms with Crippen molar-refractivity contribution in [3.63, 3.8) is 0 Å². The number of halogens is 1. The average Bonchev–Trinajstić information content (AvgIpc) is 2.68. The number of likely N-dealkylation sites (tertiary alicyclic amines) is 1. The molecule has 1 aliphatic rings. The highest BCUT2D eigenvalue weighted by Crippen LogP contribution is 2.19. The lowest BCUT2D eigenvalue weighted by Gasteiger charge is -2.31. The van der Waals surface area contributed by atoms with Crippen LogP contribution in [0.2, 0.25) is 0 Å². The molecule has 2 N–H and O–H groups in total. The van der Waals surface area contributed by atoms with Crippen molar-refractivity contribution in [1.29, 1.82) is 0 Å². The van der Waals surface area contributed by atoms with E-state index in [4.69, 9.17) is 0 Å². The highest BCUT2D eigenvalue weighted by Gasteiger charge is 2.27. The summed E-state index contributed by atoms with van der Waals surface area (Å²) in [5.41, 5.74) is 1.22. The minimum atomic E-state index is -0.319. The topological polar surface area (TPSA) is 61.4 Å². The summed E-state index contributed by atoms with van der Waals surface area (Å²) in [7, 11) is 0. The molecule has 0 spiro atoms. The Morgan fingerprint density at radius 1 is 1.00 bits per heavy atom. The van der Waals surface area contributed by atoms with Gasteiger partial charge >= 0.3 is 6.03 Å². The van der Waals surface area contributed by atoms with Crippen molar-refractivity contribution in [2.75, 3.05) is 18.4 Å². The number of benzene rings is 2. The number of carbonyl (C=O) groups is 2. The van der Waals surface area contributed by atoms with Crippen molar-refractivity contribution in [1.82, 2.24) is 10.2 Å². The van der Waals surface area contributed by atoms with Gasteiger partial charge in [-0.15, -0.1) is 0 Å². The fraction of sp³-hybridized carbons (Fsp3) is 0.300. The molecule has 2 aromatic rings. The summed E-state index contributed by atoms with van der Waals surface area (Å²) in [6, 6.07) is 15.5. The fourth-order valence-electron chi connectivity index (χ4n) is 3.04. The molecule has 0 unspecified atom stereocenters. The van der Waals surface area contributed by atoms with Gasteiger partial charge in [-0.3, -0.25) is 4.79 Å². The maximum atomic E-state index is 13.6. The third-order valence-corrected chi connectivity index (χ3v) is 4.59. The molecule has 3 amide bonds. The lowest BCUT2D eigenvalue weighted by Crippen LogP contribution is -2.44. The largest absolute Gasteiger partial charge is 0.352 e. The highest BCUT2D eigenvalue weighted by atomic mass is 19.1. The Bertz CT molecular complexity index is 759. The van der Waals surface area contributed by atoms with E-state index in [1.165, 1.54) is 6.07 Å². The van der Waals surface area contributed by atoms with E-state index in [1.54, 1.807) is 23.1 Å². The number of amides is 3. The number of nitrogens with zero attached hydrogens (tertiary/aromatic N) is 1. The quantitative estimate of drug-likeness (QED) is 0.883. The second kappa shape index (κ2) is 8.47. The SMILES string of the molecule is O=C(NCc1ccccc1F)C1CCN(C(=O)Nc2ccccc2)CC1. The van der Waals surface area contributed by atoms with Gasteiger partial charge in [-0.05, 0) is 31.0 Å². The molecular weight excluding hydrogens is 333 g/mol. The first-order valence-electron chi connectivity index (χ1n) is 8.75. The standard InChI is InChI=1S/C20H22FN3O2/c21-18-9-5-4-6-16(18)14-22-19(25)15-10-12-24(13-11-15)20(26)23-17-7-2-1-3-8-17/h1-9,15H,10-14H2,(H,22,25)(H,23,26). The maximum absolute atomic E-state index is 13.6. The second-order valence-corrected chi connectivity index (χ2v) is 6.37.